The van der Waals surface area contributed by atoms with Gasteiger partial charge in [-0.25, -0.2) is 9.97 Å². The first-order valence-corrected chi connectivity index (χ1v) is 5.81. The van der Waals surface area contributed by atoms with Gasteiger partial charge in [-0.3, -0.25) is 0 Å². The first-order valence-electron chi connectivity index (χ1n) is 5.43. The Hall–Kier alpha value is -1.07. The van der Waals surface area contributed by atoms with Gasteiger partial charge in [0.05, 0.1) is 19.8 Å². The Morgan fingerprint density at radius 1 is 1.41 bits per heavy atom. The second-order valence-corrected chi connectivity index (χ2v) is 4.22. The van der Waals surface area contributed by atoms with Crippen LogP contribution in [-0.2, 0) is 4.74 Å². The van der Waals surface area contributed by atoms with E-state index in [4.69, 9.17) is 21.1 Å². The van der Waals surface area contributed by atoms with Crippen molar-refractivity contribution in [3.63, 3.8) is 0 Å². The molecule has 1 rings (SSSR count). The van der Waals surface area contributed by atoms with Crippen LogP contribution in [0.15, 0.2) is 6.33 Å². The number of anilines is 1. The Morgan fingerprint density at radius 3 is 2.71 bits per heavy atom. The molecule has 0 saturated carbocycles. The van der Waals surface area contributed by atoms with Crippen molar-refractivity contribution in [1.82, 2.24) is 9.97 Å². The van der Waals surface area contributed by atoms with Crippen molar-refractivity contribution in [3.05, 3.63) is 11.5 Å². The fourth-order valence-corrected chi connectivity index (χ4v) is 1.53. The van der Waals surface area contributed by atoms with Crippen molar-refractivity contribution in [2.45, 2.75) is 20.0 Å². The second kappa shape index (κ2) is 6.61. The van der Waals surface area contributed by atoms with Crippen LogP contribution < -0.4 is 9.64 Å². The third-order valence-corrected chi connectivity index (χ3v) is 2.45. The van der Waals surface area contributed by atoms with Gasteiger partial charge in [-0.1, -0.05) is 11.6 Å². The Kier molecular flexibility index (Phi) is 5.44. The molecule has 0 aliphatic carbocycles. The predicted molar refractivity (Wildman–Crippen MR) is 68.0 cm³/mol. The van der Waals surface area contributed by atoms with Crippen LogP contribution in [0.3, 0.4) is 0 Å². The summed E-state index contributed by atoms with van der Waals surface area (Å²) < 4.78 is 10.7. The van der Waals surface area contributed by atoms with E-state index in [0.717, 1.165) is 0 Å². The van der Waals surface area contributed by atoms with E-state index in [0.29, 0.717) is 29.9 Å². The van der Waals surface area contributed by atoms with E-state index < -0.39 is 0 Å². The van der Waals surface area contributed by atoms with Gasteiger partial charge in [-0.15, -0.1) is 0 Å². The van der Waals surface area contributed by atoms with Crippen molar-refractivity contribution in [2.75, 3.05) is 32.2 Å². The maximum atomic E-state index is 5.92. The lowest BCUT2D eigenvalue weighted by atomic mass is 10.4. The summed E-state index contributed by atoms with van der Waals surface area (Å²) >= 11 is 5.92. The van der Waals surface area contributed by atoms with Gasteiger partial charge >= 0.3 is 0 Å². The molecule has 0 saturated heterocycles. The third kappa shape index (κ3) is 4.02. The molecule has 0 N–H and O–H groups in total. The molecule has 0 aromatic carbocycles. The van der Waals surface area contributed by atoms with E-state index >= 15 is 0 Å². The fourth-order valence-electron chi connectivity index (χ4n) is 1.32. The Labute approximate surface area is 107 Å². The summed E-state index contributed by atoms with van der Waals surface area (Å²) in [5.41, 5.74) is 0. The highest BCUT2D eigenvalue weighted by Crippen LogP contribution is 2.30. The Bertz CT molecular complexity index is 361. The number of halogens is 1. The molecule has 1 aromatic rings. The largest absolute Gasteiger partial charge is 0.490 e. The lowest BCUT2D eigenvalue weighted by Crippen LogP contribution is -2.25. The van der Waals surface area contributed by atoms with Gasteiger partial charge in [-0.05, 0) is 13.8 Å². The Balaban J connectivity index is 2.68. The molecule has 0 radical (unpaired) electrons. The SMILES string of the molecule is COc1c(Cl)ncnc1N(C)CCOC(C)C. The average molecular weight is 260 g/mol. The summed E-state index contributed by atoms with van der Waals surface area (Å²) in [6.07, 6.45) is 1.64. The van der Waals surface area contributed by atoms with E-state index in [1.165, 1.54) is 6.33 Å². The maximum absolute atomic E-state index is 5.92. The molecule has 1 aromatic heterocycles. The minimum absolute atomic E-state index is 0.222. The summed E-state index contributed by atoms with van der Waals surface area (Å²) in [4.78, 5) is 9.96. The van der Waals surface area contributed by atoms with E-state index in [-0.39, 0.29) is 6.10 Å². The van der Waals surface area contributed by atoms with Gasteiger partial charge in [0, 0.05) is 13.6 Å². The zero-order chi connectivity index (χ0) is 12.8. The highest BCUT2D eigenvalue weighted by atomic mass is 35.5. The highest BCUT2D eigenvalue weighted by molar-refractivity contribution is 6.31. The second-order valence-electron chi connectivity index (χ2n) is 3.86. The first-order chi connectivity index (χ1) is 8.06. The van der Waals surface area contributed by atoms with Crippen molar-refractivity contribution >= 4 is 17.4 Å². The van der Waals surface area contributed by atoms with Gasteiger partial charge in [0.2, 0.25) is 0 Å². The molecule has 0 aliphatic heterocycles. The quantitative estimate of drug-likeness (QED) is 0.732. The minimum Gasteiger partial charge on any atom is -0.490 e. The monoisotopic (exact) mass is 259 g/mol. The zero-order valence-electron chi connectivity index (χ0n) is 10.6. The molecule has 1 heterocycles. The third-order valence-electron chi connectivity index (χ3n) is 2.19. The number of hydrogen-bond acceptors (Lipinski definition) is 5. The summed E-state index contributed by atoms with van der Waals surface area (Å²) in [7, 11) is 3.46. The lowest BCUT2D eigenvalue weighted by Gasteiger charge is -2.20. The molecular formula is C11H18ClN3O2. The van der Waals surface area contributed by atoms with Gasteiger partial charge in [-0.2, -0.15) is 0 Å². The lowest BCUT2D eigenvalue weighted by molar-refractivity contribution is 0.0845. The highest BCUT2D eigenvalue weighted by Gasteiger charge is 2.14. The van der Waals surface area contributed by atoms with E-state index in [1.807, 2.05) is 25.8 Å². The van der Waals surface area contributed by atoms with E-state index in [1.54, 1.807) is 7.11 Å². The zero-order valence-corrected chi connectivity index (χ0v) is 11.4. The summed E-state index contributed by atoms with van der Waals surface area (Å²) in [6, 6.07) is 0. The first kappa shape index (κ1) is 14.0. The van der Waals surface area contributed by atoms with Gasteiger partial charge in [0.15, 0.2) is 16.7 Å². The number of rotatable bonds is 6. The van der Waals surface area contributed by atoms with Crippen LogP contribution in [0, 0.1) is 0 Å². The van der Waals surface area contributed by atoms with Gasteiger partial charge < -0.3 is 14.4 Å². The van der Waals surface area contributed by atoms with Crippen LogP contribution in [0.4, 0.5) is 5.82 Å². The molecule has 0 amide bonds. The van der Waals surface area contributed by atoms with Crippen LogP contribution in [0.1, 0.15) is 13.8 Å². The van der Waals surface area contributed by atoms with Crippen LogP contribution in [0.25, 0.3) is 0 Å². The van der Waals surface area contributed by atoms with Crippen LogP contribution in [0.2, 0.25) is 5.15 Å². The van der Waals surface area contributed by atoms with Crippen LogP contribution in [-0.4, -0.2) is 43.4 Å². The van der Waals surface area contributed by atoms with Crippen LogP contribution in [0.5, 0.6) is 5.75 Å². The average Bonchev–Trinajstić information content (AvgIpc) is 2.28. The Morgan fingerprint density at radius 2 is 2.12 bits per heavy atom. The molecule has 5 nitrogen and oxygen atoms in total. The summed E-state index contributed by atoms with van der Waals surface area (Å²) in [5.74, 6) is 1.15. The molecule has 0 atom stereocenters. The van der Waals surface area contributed by atoms with Gasteiger partial charge in [0.25, 0.3) is 0 Å². The van der Waals surface area contributed by atoms with Crippen molar-refractivity contribution in [1.29, 1.82) is 0 Å². The molecule has 0 spiro atoms. The smallest absolute Gasteiger partial charge is 0.199 e. The maximum Gasteiger partial charge on any atom is 0.199 e. The normalized spacial score (nSPS) is 10.7. The standard InChI is InChI=1S/C11H18ClN3O2/c1-8(2)17-6-5-15(3)11-9(16-4)10(12)13-7-14-11/h7-8H,5-6H2,1-4H3. The van der Waals surface area contributed by atoms with Crippen molar-refractivity contribution in [2.24, 2.45) is 0 Å². The molecule has 0 aliphatic rings. The van der Waals surface area contributed by atoms with Gasteiger partial charge in [0.1, 0.15) is 6.33 Å². The number of nitrogens with zero attached hydrogens (tertiary/aromatic N) is 3. The fraction of sp³-hybridized carbons (Fsp3) is 0.636. The van der Waals surface area contributed by atoms with Crippen molar-refractivity contribution < 1.29 is 9.47 Å². The molecular weight excluding hydrogens is 242 g/mol. The van der Waals surface area contributed by atoms with E-state index in [9.17, 15) is 0 Å². The predicted octanol–water partition coefficient (Wildman–Crippen LogP) is 2.00. The molecule has 96 valence electrons. The number of aromatic nitrogens is 2. The number of hydrogen-bond donors (Lipinski definition) is 0. The van der Waals surface area contributed by atoms with E-state index in [2.05, 4.69) is 9.97 Å². The summed E-state index contributed by atoms with van der Waals surface area (Å²) in [5, 5.41) is 0.314. The molecule has 17 heavy (non-hydrogen) atoms. The minimum atomic E-state index is 0.222. The number of likely N-dealkylation sites (N-methyl/N-ethyl adjacent to an activating group) is 1. The summed E-state index contributed by atoms with van der Waals surface area (Å²) in [6.45, 7) is 5.34. The molecule has 0 unspecified atom stereocenters. The molecule has 0 fully saturated rings. The van der Waals surface area contributed by atoms with Crippen LogP contribution >= 0.6 is 11.6 Å². The van der Waals surface area contributed by atoms with Crippen molar-refractivity contribution in [3.8, 4) is 5.75 Å². The molecule has 6 heteroatoms. The topological polar surface area (TPSA) is 47.5 Å². The molecule has 0 bridgehead atoms. The number of ether oxygens (including phenoxy) is 2. The number of methoxy groups -OCH3 is 1.